The van der Waals surface area contributed by atoms with E-state index in [1.807, 2.05) is 48.5 Å². The Balaban J connectivity index is 1.35. The minimum absolute atomic E-state index is 0.151. The van der Waals surface area contributed by atoms with Gasteiger partial charge in [-0.05, 0) is 36.4 Å². The molecule has 1 fully saturated rings. The van der Waals surface area contributed by atoms with E-state index in [0.717, 1.165) is 46.1 Å². The van der Waals surface area contributed by atoms with E-state index in [4.69, 9.17) is 0 Å². The monoisotopic (exact) mass is 519 g/mol. The molecular weight excluding hydrogens is 495 g/mol. The van der Waals surface area contributed by atoms with E-state index in [1.165, 1.54) is 0 Å². The first-order valence-corrected chi connectivity index (χ1v) is 13.0. The maximum Gasteiger partial charge on any atom is 0.573 e. The van der Waals surface area contributed by atoms with Crippen LogP contribution in [0, 0.1) is 0 Å². The van der Waals surface area contributed by atoms with Gasteiger partial charge in [-0.3, -0.25) is 5.32 Å². The highest BCUT2D eigenvalue weighted by molar-refractivity contribution is 7.91. The average Bonchev–Trinajstić information content (AvgIpc) is 3.17. The van der Waals surface area contributed by atoms with Crippen molar-refractivity contribution in [3.63, 3.8) is 0 Å². The molecule has 0 aliphatic carbocycles. The van der Waals surface area contributed by atoms with E-state index < -0.39 is 40.0 Å². The third-order valence-corrected chi connectivity index (χ3v) is 7.96. The second kappa shape index (κ2) is 9.40. The number of aliphatic hydroxyl groups is 1. The molecule has 11 heteroatoms. The molecule has 1 aromatic heterocycles. The summed E-state index contributed by atoms with van der Waals surface area (Å²) >= 11 is 0. The molecule has 36 heavy (non-hydrogen) atoms. The summed E-state index contributed by atoms with van der Waals surface area (Å²) in [5, 5.41) is 19.6. The number of hydrogen-bond donors (Lipinski definition) is 3. The summed E-state index contributed by atoms with van der Waals surface area (Å²) in [6.07, 6.45) is -5.76. The lowest BCUT2D eigenvalue weighted by Gasteiger charge is -2.37. The third-order valence-electron chi connectivity index (χ3n) is 6.43. The second-order valence-electron chi connectivity index (χ2n) is 8.71. The van der Waals surface area contributed by atoms with Crippen molar-refractivity contribution in [2.45, 2.75) is 29.4 Å². The molecule has 0 saturated carbocycles. The zero-order valence-corrected chi connectivity index (χ0v) is 19.8. The fourth-order valence-corrected chi connectivity index (χ4v) is 5.94. The Kier molecular flexibility index (Phi) is 6.41. The number of nitrogens with one attached hydrogen (secondary N) is 2. The molecule has 0 bridgehead atoms. The van der Waals surface area contributed by atoms with Gasteiger partial charge < -0.3 is 19.7 Å². The minimum Gasteiger partial charge on any atom is -0.406 e. The Morgan fingerprint density at radius 1 is 0.944 bits per heavy atom. The van der Waals surface area contributed by atoms with Crippen LogP contribution >= 0.6 is 0 Å². The van der Waals surface area contributed by atoms with Gasteiger partial charge in [0.05, 0.1) is 17.0 Å². The lowest BCUT2D eigenvalue weighted by atomic mass is 9.98. The molecule has 4 aromatic rings. The van der Waals surface area contributed by atoms with Crippen molar-refractivity contribution in [3.05, 3.63) is 72.8 Å². The summed E-state index contributed by atoms with van der Waals surface area (Å²) in [4.78, 5) is -0.151. The van der Waals surface area contributed by atoms with Crippen LogP contribution in [0.4, 0.5) is 13.2 Å². The highest BCUT2D eigenvalue weighted by Gasteiger charge is 2.35. The highest BCUT2D eigenvalue weighted by atomic mass is 32.2. The number of alkyl halides is 3. The lowest BCUT2D eigenvalue weighted by Crippen LogP contribution is -2.57. The molecule has 0 unspecified atom stereocenters. The van der Waals surface area contributed by atoms with E-state index in [9.17, 15) is 26.7 Å². The van der Waals surface area contributed by atoms with E-state index in [0.29, 0.717) is 13.1 Å². The van der Waals surface area contributed by atoms with E-state index in [-0.39, 0.29) is 10.9 Å². The van der Waals surface area contributed by atoms with Crippen LogP contribution in [-0.2, 0) is 9.84 Å². The Labute approximate surface area is 205 Å². The molecular formula is C25H24F3N3O4S. The standard InChI is InChI=1S/C25H24F3N3O4S/c26-25(27,28)35-16-9-11-17(12-10-16)36(33,34)15-30-20-13-29-14-23(24(20)32)31-21-7-3-1-5-18(21)19-6-2-4-8-22(19)31/h1-12,20,23-24,29-30,32H,13-15H2/t20-,23+,24+/m1/s1. The van der Waals surface area contributed by atoms with Crippen molar-refractivity contribution in [2.24, 2.45) is 0 Å². The van der Waals surface area contributed by atoms with Gasteiger partial charge in [0.15, 0.2) is 9.84 Å². The predicted octanol–water partition coefficient (Wildman–Crippen LogP) is 3.59. The average molecular weight is 520 g/mol. The molecule has 190 valence electrons. The fraction of sp³-hybridized carbons (Fsp3) is 0.280. The predicted molar refractivity (Wildman–Crippen MR) is 129 cm³/mol. The van der Waals surface area contributed by atoms with Crippen molar-refractivity contribution in [2.75, 3.05) is 19.0 Å². The van der Waals surface area contributed by atoms with Crippen LogP contribution in [0.5, 0.6) is 5.75 Å². The number of aromatic nitrogens is 1. The maximum absolute atomic E-state index is 12.8. The molecule has 1 aliphatic rings. The molecule has 0 radical (unpaired) electrons. The van der Waals surface area contributed by atoms with Crippen molar-refractivity contribution < 1.29 is 31.4 Å². The highest BCUT2D eigenvalue weighted by Crippen LogP contribution is 2.34. The van der Waals surface area contributed by atoms with E-state index >= 15 is 0 Å². The molecule has 2 heterocycles. The fourth-order valence-electron chi connectivity index (χ4n) is 4.79. The number of rotatable bonds is 6. The molecule has 1 saturated heterocycles. The largest absolute Gasteiger partial charge is 0.573 e. The van der Waals surface area contributed by atoms with E-state index in [1.54, 1.807) is 0 Å². The number of sulfone groups is 1. The summed E-state index contributed by atoms with van der Waals surface area (Å²) in [5.74, 6) is -0.995. The van der Waals surface area contributed by atoms with Gasteiger partial charge in [0.1, 0.15) is 11.6 Å². The maximum atomic E-state index is 12.8. The smallest absolute Gasteiger partial charge is 0.406 e. The van der Waals surface area contributed by atoms with Crippen molar-refractivity contribution in [3.8, 4) is 5.75 Å². The topological polar surface area (TPSA) is 92.6 Å². The van der Waals surface area contributed by atoms with Crippen LogP contribution < -0.4 is 15.4 Å². The lowest BCUT2D eigenvalue weighted by molar-refractivity contribution is -0.274. The van der Waals surface area contributed by atoms with Crippen LogP contribution in [0.15, 0.2) is 77.7 Å². The third kappa shape index (κ3) is 4.79. The number of nitrogens with zero attached hydrogens (tertiary/aromatic N) is 1. The van der Waals surface area contributed by atoms with Gasteiger partial charge in [-0.15, -0.1) is 13.2 Å². The number of hydrogen-bond acceptors (Lipinski definition) is 6. The quantitative estimate of drug-likeness (QED) is 0.361. The summed E-state index contributed by atoms with van der Waals surface area (Å²) in [5.41, 5.74) is 1.94. The van der Waals surface area contributed by atoms with Gasteiger partial charge in [-0.2, -0.15) is 0 Å². The van der Waals surface area contributed by atoms with Gasteiger partial charge in [0, 0.05) is 40.9 Å². The van der Waals surface area contributed by atoms with Crippen LogP contribution in [-0.4, -0.2) is 55.6 Å². The summed E-state index contributed by atoms with van der Waals surface area (Å²) < 4.78 is 68.6. The van der Waals surface area contributed by atoms with Crippen LogP contribution in [0.25, 0.3) is 21.8 Å². The zero-order valence-electron chi connectivity index (χ0n) is 18.9. The number of fused-ring (bicyclic) bond motifs is 3. The first kappa shape index (κ1) is 24.6. The normalized spacial score (nSPS) is 21.2. The molecule has 1 aliphatic heterocycles. The molecule has 5 rings (SSSR count). The van der Waals surface area contributed by atoms with Crippen molar-refractivity contribution >= 4 is 31.6 Å². The molecule has 7 nitrogen and oxygen atoms in total. The SMILES string of the molecule is O=S(=O)(CN[C@@H]1CNC[C@H](n2c3ccccc3c3ccccc32)[C@H]1O)c1ccc(OC(F)(F)F)cc1. The second-order valence-corrected chi connectivity index (χ2v) is 10.7. The van der Waals surface area contributed by atoms with Gasteiger partial charge in [0.25, 0.3) is 0 Å². The molecule has 0 amide bonds. The number of ether oxygens (including phenoxy) is 1. The van der Waals surface area contributed by atoms with Crippen molar-refractivity contribution in [1.29, 1.82) is 0 Å². The summed E-state index contributed by atoms with van der Waals surface area (Å²) in [7, 11) is -3.88. The Morgan fingerprint density at radius 3 is 2.11 bits per heavy atom. The Hall–Kier alpha value is -3.12. The minimum atomic E-state index is -4.86. The van der Waals surface area contributed by atoms with Gasteiger partial charge >= 0.3 is 6.36 Å². The molecule has 3 N–H and O–H groups in total. The zero-order chi connectivity index (χ0) is 25.5. The number of benzene rings is 3. The Morgan fingerprint density at radius 2 is 1.53 bits per heavy atom. The Bertz CT molecular complexity index is 1430. The van der Waals surface area contributed by atoms with Crippen LogP contribution in [0.1, 0.15) is 6.04 Å². The van der Waals surface area contributed by atoms with Crippen molar-refractivity contribution in [1.82, 2.24) is 15.2 Å². The molecule has 3 aromatic carbocycles. The van der Waals surface area contributed by atoms with Crippen LogP contribution in [0.3, 0.4) is 0 Å². The molecule has 3 atom stereocenters. The number of para-hydroxylation sites is 2. The first-order chi connectivity index (χ1) is 17.1. The summed E-state index contributed by atoms with van der Waals surface area (Å²) in [6.45, 7) is 0.845. The van der Waals surface area contributed by atoms with E-state index in [2.05, 4.69) is 19.9 Å². The number of aliphatic hydroxyl groups excluding tert-OH is 1. The van der Waals surface area contributed by atoms with Gasteiger partial charge in [0.2, 0.25) is 0 Å². The first-order valence-electron chi connectivity index (χ1n) is 11.3. The van der Waals surface area contributed by atoms with Gasteiger partial charge in [-0.1, -0.05) is 36.4 Å². The number of halogens is 3. The van der Waals surface area contributed by atoms with Gasteiger partial charge in [-0.25, -0.2) is 8.42 Å². The summed E-state index contributed by atoms with van der Waals surface area (Å²) in [6, 6.07) is 19.0. The van der Waals surface area contributed by atoms with Crippen LogP contribution in [0.2, 0.25) is 0 Å². The molecule has 0 spiro atoms. The number of piperidine rings is 1.